The molecule has 1 N–H and O–H groups in total. The van der Waals surface area contributed by atoms with Crippen molar-refractivity contribution in [2.75, 3.05) is 5.32 Å². The second kappa shape index (κ2) is 5.66. The maximum atomic E-state index is 12.4. The molecule has 0 bridgehead atoms. The van der Waals surface area contributed by atoms with E-state index in [0.29, 0.717) is 16.9 Å². The van der Waals surface area contributed by atoms with E-state index >= 15 is 0 Å². The maximum Gasteiger partial charge on any atom is 0.212 e. The van der Waals surface area contributed by atoms with E-state index in [1.807, 2.05) is 31.2 Å². The Bertz CT molecular complexity index is 914. The number of fused-ring (bicyclic) bond motifs is 1. The summed E-state index contributed by atoms with van der Waals surface area (Å²) in [7, 11) is 0. The lowest BCUT2D eigenvalue weighted by molar-refractivity contribution is 0.112. The summed E-state index contributed by atoms with van der Waals surface area (Å²) in [5.74, 6) is 0.124. The van der Waals surface area contributed by atoms with Crippen molar-refractivity contribution in [2.24, 2.45) is 0 Å². The number of anilines is 2. The Morgan fingerprint density at radius 1 is 1.14 bits per heavy atom. The highest BCUT2D eigenvalue weighted by molar-refractivity contribution is 6.31. The standard InChI is InChI=1S/C17H12ClNO3/c1-10-2-5-12(6-3-10)19-17-14(9-20)16(21)13-8-11(18)4-7-15(13)22-17/h2-9,19H,1H3. The Kier molecular flexibility index (Phi) is 3.69. The van der Waals surface area contributed by atoms with Crippen molar-refractivity contribution in [1.29, 1.82) is 0 Å². The first kappa shape index (κ1) is 14.4. The largest absolute Gasteiger partial charge is 0.439 e. The lowest BCUT2D eigenvalue weighted by atomic mass is 10.1. The smallest absolute Gasteiger partial charge is 0.212 e. The molecule has 0 aliphatic heterocycles. The van der Waals surface area contributed by atoms with Gasteiger partial charge in [0.25, 0.3) is 0 Å². The summed E-state index contributed by atoms with van der Waals surface area (Å²) in [4.78, 5) is 23.7. The summed E-state index contributed by atoms with van der Waals surface area (Å²) < 4.78 is 5.65. The highest BCUT2D eigenvalue weighted by Crippen LogP contribution is 2.24. The van der Waals surface area contributed by atoms with Crippen molar-refractivity contribution in [3.63, 3.8) is 0 Å². The van der Waals surface area contributed by atoms with E-state index in [1.54, 1.807) is 12.1 Å². The number of rotatable bonds is 3. The first-order valence-electron chi connectivity index (χ1n) is 6.64. The number of nitrogens with one attached hydrogen (secondary N) is 1. The molecule has 0 radical (unpaired) electrons. The van der Waals surface area contributed by atoms with E-state index in [0.717, 1.165) is 11.3 Å². The molecule has 0 spiro atoms. The minimum atomic E-state index is -0.409. The van der Waals surface area contributed by atoms with Crippen molar-refractivity contribution in [1.82, 2.24) is 0 Å². The van der Waals surface area contributed by atoms with Crippen molar-refractivity contribution < 1.29 is 9.21 Å². The summed E-state index contributed by atoms with van der Waals surface area (Å²) in [6.07, 6.45) is 0.489. The van der Waals surface area contributed by atoms with Crippen LogP contribution in [-0.2, 0) is 0 Å². The summed E-state index contributed by atoms with van der Waals surface area (Å²) in [6, 6.07) is 12.2. The third kappa shape index (κ3) is 2.61. The van der Waals surface area contributed by atoms with E-state index < -0.39 is 5.43 Å². The third-order valence-electron chi connectivity index (χ3n) is 3.31. The van der Waals surface area contributed by atoms with E-state index in [-0.39, 0.29) is 16.8 Å². The lowest BCUT2D eigenvalue weighted by Crippen LogP contribution is -2.11. The molecular formula is C17H12ClNO3. The Labute approximate surface area is 131 Å². The molecule has 1 heterocycles. The van der Waals surface area contributed by atoms with Crippen LogP contribution in [0.4, 0.5) is 11.6 Å². The van der Waals surface area contributed by atoms with Gasteiger partial charge in [0, 0.05) is 10.7 Å². The fourth-order valence-electron chi connectivity index (χ4n) is 2.15. The highest BCUT2D eigenvalue weighted by atomic mass is 35.5. The van der Waals surface area contributed by atoms with Gasteiger partial charge >= 0.3 is 0 Å². The predicted octanol–water partition coefficient (Wildman–Crippen LogP) is 4.31. The Hall–Kier alpha value is -2.59. The molecule has 1 aromatic heterocycles. The van der Waals surface area contributed by atoms with E-state index in [4.69, 9.17) is 16.0 Å². The third-order valence-corrected chi connectivity index (χ3v) is 3.55. The van der Waals surface area contributed by atoms with Gasteiger partial charge in [-0.05, 0) is 37.3 Å². The number of carbonyl (C=O) groups is 1. The van der Waals surface area contributed by atoms with Gasteiger partial charge in [-0.25, -0.2) is 0 Å². The number of aryl methyl sites for hydroxylation is 1. The summed E-state index contributed by atoms with van der Waals surface area (Å²) in [5, 5.41) is 3.66. The molecule has 110 valence electrons. The van der Waals surface area contributed by atoms with Gasteiger partial charge < -0.3 is 9.73 Å². The first-order chi connectivity index (χ1) is 10.6. The van der Waals surface area contributed by atoms with Gasteiger partial charge in [-0.1, -0.05) is 29.3 Å². The van der Waals surface area contributed by atoms with E-state index in [1.165, 1.54) is 6.07 Å². The lowest BCUT2D eigenvalue weighted by Gasteiger charge is -2.09. The van der Waals surface area contributed by atoms with Gasteiger partial charge in [-0.15, -0.1) is 0 Å². The van der Waals surface area contributed by atoms with Crippen LogP contribution in [0.3, 0.4) is 0 Å². The normalized spacial score (nSPS) is 10.6. The van der Waals surface area contributed by atoms with Gasteiger partial charge in [0.2, 0.25) is 11.3 Å². The number of halogens is 1. The van der Waals surface area contributed by atoms with E-state index in [2.05, 4.69) is 5.32 Å². The summed E-state index contributed by atoms with van der Waals surface area (Å²) in [5.41, 5.74) is 1.74. The molecule has 0 amide bonds. The van der Waals surface area contributed by atoms with E-state index in [9.17, 15) is 9.59 Å². The van der Waals surface area contributed by atoms with Crippen molar-refractivity contribution in [2.45, 2.75) is 6.92 Å². The average molecular weight is 314 g/mol. The molecule has 0 aliphatic carbocycles. The van der Waals surface area contributed by atoms with Gasteiger partial charge in [0.15, 0.2) is 6.29 Å². The van der Waals surface area contributed by atoms with Crippen LogP contribution < -0.4 is 10.7 Å². The SMILES string of the molecule is Cc1ccc(Nc2oc3ccc(Cl)cc3c(=O)c2C=O)cc1. The van der Waals surface area contributed by atoms with Crippen LogP contribution in [0, 0.1) is 6.92 Å². The molecule has 0 saturated carbocycles. The predicted molar refractivity (Wildman–Crippen MR) is 87.3 cm³/mol. The summed E-state index contributed by atoms with van der Waals surface area (Å²) >= 11 is 5.89. The minimum absolute atomic E-state index is 0.0599. The Balaban J connectivity index is 2.16. The van der Waals surface area contributed by atoms with Gasteiger partial charge in [0.1, 0.15) is 11.1 Å². The minimum Gasteiger partial charge on any atom is -0.439 e. The number of aldehydes is 1. The molecule has 0 fully saturated rings. The monoisotopic (exact) mass is 313 g/mol. The van der Waals surface area contributed by atoms with Crippen LogP contribution in [0.2, 0.25) is 5.02 Å². The number of benzene rings is 2. The fraction of sp³-hybridized carbons (Fsp3) is 0.0588. The zero-order chi connectivity index (χ0) is 15.7. The van der Waals surface area contributed by atoms with Crippen LogP contribution in [0.1, 0.15) is 15.9 Å². The van der Waals surface area contributed by atoms with Crippen molar-refractivity contribution >= 4 is 40.4 Å². The van der Waals surface area contributed by atoms with Crippen LogP contribution in [0.25, 0.3) is 11.0 Å². The molecule has 0 unspecified atom stereocenters. The van der Waals surface area contributed by atoms with Crippen molar-refractivity contribution in [3.8, 4) is 0 Å². The maximum absolute atomic E-state index is 12.4. The number of carbonyl (C=O) groups excluding carboxylic acids is 1. The summed E-state index contributed by atoms with van der Waals surface area (Å²) in [6.45, 7) is 1.97. The van der Waals surface area contributed by atoms with Crippen LogP contribution in [0.15, 0.2) is 51.7 Å². The molecular weight excluding hydrogens is 302 g/mol. The molecule has 3 aromatic rings. The Morgan fingerprint density at radius 2 is 1.86 bits per heavy atom. The second-order valence-corrected chi connectivity index (χ2v) is 5.36. The molecule has 0 aliphatic rings. The molecule has 2 aromatic carbocycles. The molecule has 0 saturated heterocycles. The van der Waals surface area contributed by atoms with Crippen molar-refractivity contribution in [3.05, 3.63) is 68.8 Å². The molecule has 22 heavy (non-hydrogen) atoms. The Morgan fingerprint density at radius 3 is 2.55 bits per heavy atom. The molecule has 5 heteroatoms. The second-order valence-electron chi connectivity index (χ2n) is 4.92. The topological polar surface area (TPSA) is 59.3 Å². The van der Waals surface area contributed by atoms with Gasteiger partial charge in [-0.3, -0.25) is 9.59 Å². The molecule has 4 nitrogen and oxygen atoms in total. The average Bonchev–Trinajstić information content (AvgIpc) is 2.51. The fourth-order valence-corrected chi connectivity index (χ4v) is 2.32. The number of hydrogen-bond acceptors (Lipinski definition) is 4. The number of hydrogen-bond donors (Lipinski definition) is 1. The van der Waals surface area contributed by atoms with Gasteiger partial charge in [-0.2, -0.15) is 0 Å². The zero-order valence-electron chi connectivity index (χ0n) is 11.7. The quantitative estimate of drug-likeness (QED) is 0.732. The first-order valence-corrected chi connectivity index (χ1v) is 7.01. The molecule has 3 rings (SSSR count). The van der Waals surface area contributed by atoms with Crippen LogP contribution in [-0.4, -0.2) is 6.29 Å². The zero-order valence-corrected chi connectivity index (χ0v) is 12.5. The van der Waals surface area contributed by atoms with Crippen LogP contribution in [0.5, 0.6) is 0 Å². The van der Waals surface area contributed by atoms with Crippen LogP contribution >= 0.6 is 11.6 Å². The highest BCUT2D eigenvalue weighted by Gasteiger charge is 2.14. The molecule has 0 atom stereocenters. The van der Waals surface area contributed by atoms with Gasteiger partial charge in [0.05, 0.1) is 5.39 Å².